The Balaban J connectivity index is 1.62. The average Bonchev–Trinajstić information content (AvgIpc) is 2.92. The molecule has 2 unspecified atom stereocenters. The van der Waals surface area contributed by atoms with Crippen molar-refractivity contribution in [3.8, 4) is 11.1 Å². The molecule has 1 N–H and O–H groups in total. The first-order valence-corrected chi connectivity index (χ1v) is 7.71. The maximum absolute atomic E-state index is 3.71. The van der Waals surface area contributed by atoms with Gasteiger partial charge in [-0.1, -0.05) is 67.9 Å². The van der Waals surface area contributed by atoms with Crippen molar-refractivity contribution < 1.29 is 0 Å². The lowest BCUT2D eigenvalue weighted by molar-refractivity contribution is 0.426. The van der Waals surface area contributed by atoms with E-state index in [9.17, 15) is 0 Å². The van der Waals surface area contributed by atoms with Gasteiger partial charge in [0.15, 0.2) is 0 Å². The van der Waals surface area contributed by atoms with Crippen molar-refractivity contribution in [2.75, 3.05) is 0 Å². The third-order valence-electron chi connectivity index (χ3n) is 4.49. The van der Waals surface area contributed by atoms with E-state index in [1.165, 1.54) is 36.0 Å². The molecule has 2 atom stereocenters. The molecular weight excluding hydrogens is 242 g/mol. The van der Waals surface area contributed by atoms with E-state index < -0.39 is 0 Å². The fraction of sp³-hybridized carbons (Fsp3) is 0.368. The van der Waals surface area contributed by atoms with Crippen molar-refractivity contribution in [1.82, 2.24) is 5.32 Å². The van der Waals surface area contributed by atoms with Crippen molar-refractivity contribution in [3.63, 3.8) is 0 Å². The van der Waals surface area contributed by atoms with E-state index in [2.05, 4.69) is 66.8 Å². The highest BCUT2D eigenvalue weighted by atomic mass is 14.9. The fourth-order valence-corrected chi connectivity index (χ4v) is 3.14. The van der Waals surface area contributed by atoms with E-state index in [0.29, 0.717) is 6.04 Å². The Morgan fingerprint density at radius 3 is 2.25 bits per heavy atom. The standard InChI is InChI=1S/C19H23N/c1-15-6-5-9-19(15)20-14-16-10-12-18(13-11-16)17-7-3-2-4-8-17/h2-4,7-8,10-13,15,19-20H,5-6,9,14H2,1H3. The summed E-state index contributed by atoms with van der Waals surface area (Å²) in [6.07, 6.45) is 4.10. The van der Waals surface area contributed by atoms with E-state index in [4.69, 9.17) is 0 Å². The second-order valence-electron chi connectivity index (χ2n) is 5.96. The first-order valence-electron chi connectivity index (χ1n) is 7.71. The highest BCUT2D eigenvalue weighted by Crippen LogP contribution is 2.25. The zero-order valence-electron chi connectivity index (χ0n) is 12.2. The second-order valence-corrected chi connectivity index (χ2v) is 5.96. The summed E-state index contributed by atoms with van der Waals surface area (Å²) in [4.78, 5) is 0. The summed E-state index contributed by atoms with van der Waals surface area (Å²) in [6, 6.07) is 20.2. The monoisotopic (exact) mass is 265 g/mol. The summed E-state index contributed by atoms with van der Waals surface area (Å²) < 4.78 is 0. The van der Waals surface area contributed by atoms with Crippen LogP contribution in [-0.2, 0) is 6.54 Å². The van der Waals surface area contributed by atoms with Gasteiger partial charge in [-0.15, -0.1) is 0 Å². The normalized spacial score (nSPS) is 22.1. The molecule has 0 radical (unpaired) electrons. The Morgan fingerprint density at radius 1 is 0.900 bits per heavy atom. The highest BCUT2D eigenvalue weighted by molar-refractivity contribution is 5.63. The number of rotatable bonds is 4. The predicted octanol–water partition coefficient (Wildman–Crippen LogP) is 4.63. The molecule has 1 heteroatoms. The summed E-state index contributed by atoms with van der Waals surface area (Å²) in [7, 11) is 0. The van der Waals surface area contributed by atoms with Crippen molar-refractivity contribution in [2.24, 2.45) is 5.92 Å². The molecular formula is C19H23N. The summed E-state index contributed by atoms with van der Waals surface area (Å²) in [5.74, 6) is 0.832. The molecule has 0 aliphatic heterocycles. The molecule has 1 fully saturated rings. The van der Waals surface area contributed by atoms with Crippen LogP contribution in [0.4, 0.5) is 0 Å². The average molecular weight is 265 g/mol. The molecule has 1 aliphatic rings. The minimum Gasteiger partial charge on any atom is -0.310 e. The van der Waals surface area contributed by atoms with Gasteiger partial charge in [0, 0.05) is 12.6 Å². The van der Waals surface area contributed by atoms with Crippen molar-refractivity contribution in [3.05, 3.63) is 60.2 Å². The quantitative estimate of drug-likeness (QED) is 0.849. The van der Waals surface area contributed by atoms with Crippen LogP contribution in [0.15, 0.2) is 54.6 Å². The van der Waals surface area contributed by atoms with Gasteiger partial charge in [0.2, 0.25) is 0 Å². The Kier molecular flexibility index (Phi) is 4.17. The summed E-state index contributed by atoms with van der Waals surface area (Å²) in [6.45, 7) is 3.35. The Morgan fingerprint density at radius 2 is 1.60 bits per heavy atom. The first kappa shape index (κ1) is 13.4. The topological polar surface area (TPSA) is 12.0 Å². The molecule has 2 aromatic carbocycles. The van der Waals surface area contributed by atoms with E-state index in [1.807, 2.05) is 0 Å². The maximum atomic E-state index is 3.71. The Bertz CT molecular complexity index is 529. The number of hydrogen-bond acceptors (Lipinski definition) is 1. The first-order chi connectivity index (χ1) is 9.83. The molecule has 0 heterocycles. The van der Waals surface area contributed by atoms with Crippen molar-refractivity contribution in [2.45, 2.75) is 38.8 Å². The van der Waals surface area contributed by atoms with E-state index in [-0.39, 0.29) is 0 Å². The molecule has 0 amide bonds. The van der Waals surface area contributed by atoms with Gasteiger partial charge in [0.25, 0.3) is 0 Å². The Labute approximate surface area is 122 Å². The van der Waals surface area contributed by atoms with E-state index >= 15 is 0 Å². The summed E-state index contributed by atoms with van der Waals surface area (Å²) in [5, 5.41) is 3.71. The number of nitrogens with one attached hydrogen (secondary N) is 1. The molecule has 104 valence electrons. The molecule has 0 spiro atoms. The van der Waals surface area contributed by atoms with Gasteiger partial charge in [-0.3, -0.25) is 0 Å². The zero-order chi connectivity index (χ0) is 13.8. The van der Waals surface area contributed by atoms with Crippen LogP contribution in [0.2, 0.25) is 0 Å². The van der Waals surface area contributed by atoms with Gasteiger partial charge in [-0.05, 0) is 35.4 Å². The lowest BCUT2D eigenvalue weighted by atomic mass is 10.0. The highest BCUT2D eigenvalue weighted by Gasteiger charge is 2.22. The maximum Gasteiger partial charge on any atom is 0.0208 e. The number of hydrogen-bond donors (Lipinski definition) is 1. The van der Waals surface area contributed by atoms with Gasteiger partial charge < -0.3 is 5.32 Å². The smallest absolute Gasteiger partial charge is 0.0208 e. The molecule has 0 aromatic heterocycles. The molecule has 20 heavy (non-hydrogen) atoms. The fourth-order valence-electron chi connectivity index (χ4n) is 3.14. The molecule has 1 saturated carbocycles. The second kappa shape index (κ2) is 6.23. The molecule has 0 bridgehead atoms. The molecule has 1 aliphatic carbocycles. The summed E-state index contributed by atoms with van der Waals surface area (Å²) in [5.41, 5.74) is 3.96. The van der Waals surface area contributed by atoms with Gasteiger partial charge in [-0.2, -0.15) is 0 Å². The van der Waals surface area contributed by atoms with Crippen LogP contribution in [0.3, 0.4) is 0 Å². The van der Waals surface area contributed by atoms with Crippen molar-refractivity contribution in [1.29, 1.82) is 0 Å². The van der Waals surface area contributed by atoms with Gasteiger partial charge in [0.05, 0.1) is 0 Å². The van der Waals surface area contributed by atoms with Crippen LogP contribution in [0.1, 0.15) is 31.7 Å². The lowest BCUT2D eigenvalue weighted by Gasteiger charge is -2.17. The van der Waals surface area contributed by atoms with Crippen LogP contribution < -0.4 is 5.32 Å². The Hall–Kier alpha value is -1.60. The van der Waals surface area contributed by atoms with E-state index in [0.717, 1.165) is 12.5 Å². The largest absolute Gasteiger partial charge is 0.310 e. The zero-order valence-corrected chi connectivity index (χ0v) is 12.2. The number of benzene rings is 2. The lowest BCUT2D eigenvalue weighted by Crippen LogP contribution is -2.30. The van der Waals surface area contributed by atoms with Crippen LogP contribution in [0, 0.1) is 5.92 Å². The van der Waals surface area contributed by atoms with Gasteiger partial charge in [-0.25, -0.2) is 0 Å². The van der Waals surface area contributed by atoms with E-state index in [1.54, 1.807) is 0 Å². The van der Waals surface area contributed by atoms with Crippen molar-refractivity contribution >= 4 is 0 Å². The third-order valence-corrected chi connectivity index (χ3v) is 4.49. The van der Waals surface area contributed by atoms with Crippen LogP contribution in [0.5, 0.6) is 0 Å². The van der Waals surface area contributed by atoms with Crippen LogP contribution in [0.25, 0.3) is 11.1 Å². The molecule has 2 aromatic rings. The molecule has 1 nitrogen and oxygen atoms in total. The minimum atomic E-state index is 0.712. The van der Waals surface area contributed by atoms with Crippen LogP contribution in [-0.4, -0.2) is 6.04 Å². The minimum absolute atomic E-state index is 0.712. The van der Waals surface area contributed by atoms with Gasteiger partial charge >= 0.3 is 0 Å². The third kappa shape index (κ3) is 3.10. The molecule has 3 rings (SSSR count). The molecule has 0 saturated heterocycles. The van der Waals surface area contributed by atoms with Gasteiger partial charge in [0.1, 0.15) is 0 Å². The summed E-state index contributed by atoms with van der Waals surface area (Å²) >= 11 is 0. The SMILES string of the molecule is CC1CCCC1NCc1ccc(-c2ccccc2)cc1. The van der Waals surface area contributed by atoms with Crippen LogP contribution >= 0.6 is 0 Å². The predicted molar refractivity (Wildman–Crippen MR) is 85.5 cm³/mol.